The van der Waals surface area contributed by atoms with Gasteiger partial charge in [-0.1, -0.05) is 36.4 Å². The first-order valence-electron chi connectivity index (χ1n) is 16.3. The van der Waals surface area contributed by atoms with E-state index >= 15 is 0 Å². The molecule has 0 bridgehead atoms. The molecule has 2 heterocycles. The van der Waals surface area contributed by atoms with Gasteiger partial charge in [-0.25, -0.2) is 13.2 Å². The minimum Gasteiger partial charge on any atom is -0.444 e. The van der Waals surface area contributed by atoms with Gasteiger partial charge in [-0.05, 0) is 101 Å². The minimum atomic E-state index is -3.45. The normalized spacial score (nSPS) is 17.6. The van der Waals surface area contributed by atoms with E-state index < -0.39 is 44.5 Å². The standard InChI is InChI=1S/C37H42N4O7S/c1-24(2)49(45,46)28-15-13-27(14-16-28)39-33(42)32-29-11-6-7-12-30(29)37(47-32)17-19-41(20-18-37)34(43)31(40-35(44)48-36(3,4)5)22-25-9-8-10-26(21-25)23-38/h6-16,21,24,31-32H,17-20,22H2,1-5H3,(H,39,42)(H,40,44). The number of fused-ring (bicyclic) bond motifs is 2. The smallest absolute Gasteiger partial charge is 0.408 e. The molecule has 2 aliphatic heterocycles. The number of nitrogens with one attached hydrogen (secondary N) is 2. The Kier molecular flexibility index (Phi) is 10.2. The summed E-state index contributed by atoms with van der Waals surface area (Å²) in [6.45, 7) is 9.10. The summed E-state index contributed by atoms with van der Waals surface area (Å²) in [5.41, 5.74) is 1.67. The fourth-order valence-corrected chi connectivity index (χ4v) is 7.30. The molecule has 12 heteroatoms. The molecule has 0 radical (unpaired) electrons. The molecule has 0 aromatic heterocycles. The summed E-state index contributed by atoms with van der Waals surface area (Å²) in [5, 5.41) is 14.4. The SMILES string of the molecule is CC(C)S(=O)(=O)c1ccc(NC(=O)C2OC3(CCN(C(=O)C(Cc4cccc(C#N)c4)NC(=O)OC(C)(C)C)CC3)c3ccccc32)cc1. The summed E-state index contributed by atoms with van der Waals surface area (Å²) in [4.78, 5) is 42.2. The lowest BCUT2D eigenvalue weighted by molar-refractivity contribution is -0.152. The second-order valence-corrected chi connectivity index (χ2v) is 16.2. The van der Waals surface area contributed by atoms with Gasteiger partial charge in [-0.15, -0.1) is 0 Å². The van der Waals surface area contributed by atoms with Crippen molar-refractivity contribution in [1.82, 2.24) is 10.2 Å². The fraction of sp³-hybridized carbons (Fsp3) is 0.405. The highest BCUT2D eigenvalue weighted by atomic mass is 32.2. The number of alkyl carbamates (subject to hydrolysis) is 1. The number of hydrogen-bond donors (Lipinski definition) is 2. The number of rotatable bonds is 8. The zero-order chi connectivity index (χ0) is 35.6. The first kappa shape index (κ1) is 35.6. The van der Waals surface area contributed by atoms with E-state index in [2.05, 4.69) is 16.7 Å². The lowest BCUT2D eigenvalue weighted by Gasteiger charge is -2.40. The highest BCUT2D eigenvalue weighted by Crippen LogP contribution is 2.49. The molecule has 3 amide bonds. The number of nitriles is 1. The van der Waals surface area contributed by atoms with Crippen LogP contribution >= 0.6 is 0 Å². The Morgan fingerprint density at radius 1 is 1.02 bits per heavy atom. The van der Waals surface area contributed by atoms with Crippen molar-refractivity contribution in [2.45, 2.75) is 87.4 Å². The van der Waals surface area contributed by atoms with Gasteiger partial charge in [0.2, 0.25) is 5.91 Å². The monoisotopic (exact) mass is 686 g/mol. The summed E-state index contributed by atoms with van der Waals surface area (Å²) in [5.74, 6) is -0.671. The Morgan fingerprint density at radius 2 is 1.69 bits per heavy atom. The molecule has 2 unspecified atom stereocenters. The van der Waals surface area contributed by atoms with Crippen LogP contribution in [0.5, 0.6) is 0 Å². The van der Waals surface area contributed by atoms with Crippen LogP contribution in [0, 0.1) is 11.3 Å². The van der Waals surface area contributed by atoms with E-state index in [1.807, 2.05) is 24.3 Å². The molecular weight excluding hydrogens is 644 g/mol. The van der Waals surface area contributed by atoms with Crippen LogP contribution in [0.4, 0.5) is 10.5 Å². The van der Waals surface area contributed by atoms with Crippen molar-refractivity contribution < 1.29 is 32.3 Å². The highest BCUT2D eigenvalue weighted by Gasteiger charge is 2.49. The van der Waals surface area contributed by atoms with Crippen LogP contribution in [-0.4, -0.2) is 61.2 Å². The van der Waals surface area contributed by atoms with E-state index in [-0.39, 0.29) is 23.1 Å². The molecule has 2 N–H and O–H groups in total. The van der Waals surface area contributed by atoms with Crippen LogP contribution in [0.1, 0.15) is 75.8 Å². The average Bonchev–Trinajstić information content (AvgIpc) is 3.37. The van der Waals surface area contributed by atoms with Gasteiger partial charge in [0.05, 0.1) is 27.4 Å². The van der Waals surface area contributed by atoms with Crippen LogP contribution < -0.4 is 10.6 Å². The van der Waals surface area contributed by atoms with Crippen molar-refractivity contribution in [2.24, 2.45) is 0 Å². The van der Waals surface area contributed by atoms with Gasteiger partial charge in [-0.2, -0.15) is 5.26 Å². The van der Waals surface area contributed by atoms with Crippen LogP contribution in [0.3, 0.4) is 0 Å². The van der Waals surface area contributed by atoms with E-state index in [1.54, 1.807) is 75.9 Å². The summed E-state index contributed by atoms with van der Waals surface area (Å²) in [6, 6.07) is 21.7. The van der Waals surface area contributed by atoms with Crippen LogP contribution in [0.25, 0.3) is 0 Å². The predicted molar refractivity (Wildman–Crippen MR) is 183 cm³/mol. The number of sulfone groups is 1. The lowest BCUT2D eigenvalue weighted by atomic mass is 9.83. The molecular formula is C37H42N4O7S. The van der Waals surface area contributed by atoms with Gasteiger partial charge >= 0.3 is 6.09 Å². The van der Waals surface area contributed by atoms with Crippen LogP contribution in [-0.2, 0) is 40.9 Å². The predicted octanol–water partition coefficient (Wildman–Crippen LogP) is 5.40. The fourth-order valence-electron chi connectivity index (χ4n) is 6.25. The van der Waals surface area contributed by atoms with Crippen molar-refractivity contribution in [3.05, 3.63) is 95.1 Å². The maximum Gasteiger partial charge on any atom is 0.408 e. The maximum atomic E-state index is 14.0. The van der Waals surface area contributed by atoms with E-state index in [1.165, 1.54) is 12.1 Å². The summed E-state index contributed by atoms with van der Waals surface area (Å²) in [7, 11) is -3.45. The second kappa shape index (κ2) is 14.0. The number of piperidine rings is 1. The zero-order valence-corrected chi connectivity index (χ0v) is 29.2. The van der Waals surface area contributed by atoms with Crippen molar-refractivity contribution >= 4 is 33.4 Å². The molecule has 5 rings (SSSR count). The van der Waals surface area contributed by atoms with E-state index in [0.29, 0.717) is 37.2 Å². The third-order valence-electron chi connectivity index (χ3n) is 8.75. The zero-order valence-electron chi connectivity index (χ0n) is 28.4. The number of likely N-dealkylation sites (tertiary alicyclic amines) is 1. The third kappa shape index (κ3) is 7.95. The third-order valence-corrected chi connectivity index (χ3v) is 10.9. The van der Waals surface area contributed by atoms with Gasteiger partial charge in [0, 0.05) is 25.2 Å². The minimum absolute atomic E-state index is 0.168. The number of carbonyl (C=O) groups excluding carboxylic acids is 3. The Morgan fingerprint density at radius 3 is 2.33 bits per heavy atom. The maximum absolute atomic E-state index is 14.0. The molecule has 1 spiro atoms. The van der Waals surface area contributed by atoms with Gasteiger partial charge in [0.15, 0.2) is 15.9 Å². The largest absolute Gasteiger partial charge is 0.444 e. The highest BCUT2D eigenvalue weighted by molar-refractivity contribution is 7.92. The molecule has 2 aliphatic rings. The number of ether oxygens (including phenoxy) is 2. The molecule has 0 aliphatic carbocycles. The Balaban J connectivity index is 1.30. The lowest BCUT2D eigenvalue weighted by Crippen LogP contribution is -2.54. The molecule has 1 fully saturated rings. The van der Waals surface area contributed by atoms with Gasteiger partial charge in [-0.3, -0.25) is 9.59 Å². The van der Waals surface area contributed by atoms with E-state index in [0.717, 1.165) is 16.7 Å². The molecule has 2 atom stereocenters. The number of benzene rings is 3. The van der Waals surface area contributed by atoms with Gasteiger partial charge < -0.3 is 25.0 Å². The topological polar surface area (TPSA) is 155 Å². The molecule has 49 heavy (non-hydrogen) atoms. The van der Waals surface area contributed by atoms with Crippen molar-refractivity contribution in [3.8, 4) is 6.07 Å². The van der Waals surface area contributed by atoms with Gasteiger partial charge in [0.1, 0.15) is 11.6 Å². The van der Waals surface area contributed by atoms with Crippen molar-refractivity contribution in [2.75, 3.05) is 18.4 Å². The van der Waals surface area contributed by atoms with E-state index in [9.17, 15) is 28.1 Å². The summed E-state index contributed by atoms with van der Waals surface area (Å²) in [6.07, 6.45) is -0.615. The molecule has 3 aromatic rings. The summed E-state index contributed by atoms with van der Waals surface area (Å²) >= 11 is 0. The Hall–Kier alpha value is -4.73. The molecule has 258 valence electrons. The van der Waals surface area contributed by atoms with Gasteiger partial charge in [0.25, 0.3) is 5.91 Å². The number of carbonyl (C=O) groups is 3. The molecule has 0 saturated carbocycles. The van der Waals surface area contributed by atoms with Crippen LogP contribution in [0.15, 0.2) is 77.7 Å². The van der Waals surface area contributed by atoms with Crippen LogP contribution in [0.2, 0.25) is 0 Å². The quantitative estimate of drug-likeness (QED) is 0.319. The number of hydrogen-bond acceptors (Lipinski definition) is 8. The van der Waals surface area contributed by atoms with E-state index in [4.69, 9.17) is 9.47 Å². The molecule has 11 nitrogen and oxygen atoms in total. The Bertz CT molecular complexity index is 1870. The van der Waals surface area contributed by atoms with Crippen molar-refractivity contribution in [1.29, 1.82) is 5.26 Å². The second-order valence-electron chi connectivity index (χ2n) is 13.7. The number of amides is 3. The number of nitrogens with zero attached hydrogens (tertiary/aromatic N) is 2. The first-order chi connectivity index (χ1) is 23.1. The number of anilines is 1. The average molecular weight is 687 g/mol. The van der Waals surface area contributed by atoms with Crippen molar-refractivity contribution in [3.63, 3.8) is 0 Å². The molecule has 1 saturated heterocycles. The summed E-state index contributed by atoms with van der Waals surface area (Å²) < 4.78 is 37.1. The first-order valence-corrected chi connectivity index (χ1v) is 17.9. The Labute approximate surface area is 287 Å². The molecule has 3 aromatic carbocycles.